The second-order valence-electron chi connectivity index (χ2n) is 6.60. The Hall–Kier alpha value is -3.38. The molecule has 2 heterocycles. The summed E-state index contributed by atoms with van der Waals surface area (Å²) in [6.45, 7) is 1.52. The van der Waals surface area contributed by atoms with E-state index in [1.165, 1.54) is 6.92 Å². The fourth-order valence-corrected chi connectivity index (χ4v) is 3.69. The summed E-state index contributed by atoms with van der Waals surface area (Å²) in [6, 6.07) is 20.3. The molecule has 4 aromatic rings. The number of amides is 1. The average Bonchev–Trinajstić information content (AvgIpc) is 3.16. The van der Waals surface area contributed by atoms with Gasteiger partial charge in [-0.05, 0) is 67.6 Å². The average molecular weight is 401 g/mol. The van der Waals surface area contributed by atoms with Gasteiger partial charge in [-0.25, -0.2) is 4.98 Å². The molecule has 0 radical (unpaired) electrons. The number of nitrogens with zero attached hydrogens (tertiary/aromatic N) is 2. The molecule has 0 aliphatic heterocycles. The third-order valence-corrected chi connectivity index (χ3v) is 5.51. The van der Waals surface area contributed by atoms with Crippen LogP contribution in [0.5, 0.6) is 0 Å². The van der Waals surface area contributed by atoms with Crippen LogP contribution in [0.3, 0.4) is 0 Å². The Labute approximate surface area is 172 Å². The van der Waals surface area contributed by atoms with Crippen LogP contribution in [0, 0.1) is 0 Å². The lowest BCUT2D eigenvalue weighted by Crippen LogP contribution is -2.11. The number of ketones is 1. The summed E-state index contributed by atoms with van der Waals surface area (Å²) in [7, 11) is 0. The summed E-state index contributed by atoms with van der Waals surface area (Å²) < 4.78 is 2.01. The second-order valence-corrected chi connectivity index (χ2v) is 7.65. The van der Waals surface area contributed by atoms with Crippen molar-refractivity contribution in [1.29, 1.82) is 0 Å². The van der Waals surface area contributed by atoms with E-state index in [4.69, 9.17) is 0 Å². The molecule has 0 atom stereocenters. The van der Waals surface area contributed by atoms with Crippen LogP contribution in [0.2, 0.25) is 0 Å². The largest absolute Gasteiger partial charge is 0.322 e. The molecule has 0 aliphatic carbocycles. The first-order valence-corrected chi connectivity index (χ1v) is 10.1. The highest BCUT2D eigenvalue weighted by atomic mass is 32.2. The van der Waals surface area contributed by atoms with Gasteiger partial charge in [0.25, 0.3) is 5.91 Å². The van der Waals surface area contributed by atoms with Gasteiger partial charge in [-0.15, -0.1) is 11.8 Å². The van der Waals surface area contributed by atoms with Gasteiger partial charge in [0.15, 0.2) is 5.78 Å². The van der Waals surface area contributed by atoms with Gasteiger partial charge in [-0.3, -0.25) is 9.59 Å². The van der Waals surface area contributed by atoms with Crippen molar-refractivity contribution in [1.82, 2.24) is 9.38 Å². The number of benzene rings is 2. The third-order valence-electron chi connectivity index (χ3n) is 4.47. The van der Waals surface area contributed by atoms with Crippen molar-refractivity contribution in [3.8, 4) is 0 Å². The number of Topliss-reactive ketones (excluding diaryl/α,β-unsaturated/α-hetero) is 1. The van der Waals surface area contributed by atoms with Gasteiger partial charge >= 0.3 is 0 Å². The Kier molecular flexibility index (Phi) is 5.44. The number of thioether (sulfide) groups is 1. The number of aromatic nitrogens is 2. The molecule has 0 saturated carbocycles. The maximum absolute atomic E-state index is 12.4. The van der Waals surface area contributed by atoms with Crippen LogP contribution in [-0.4, -0.2) is 21.1 Å². The molecule has 144 valence electrons. The van der Waals surface area contributed by atoms with Crippen LogP contribution < -0.4 is 5.32 Å². The maximum Gasteiger partial charge on any atom is 0.255 e. The Bertz CT molecular complexity index is 1130. The molecule has 0 spiro atoms. The number of rotatable bonds is 6. The lowest BCUT2D eigenvalue weighted by molar-refractivity contribution is 0.101. The number of fused-ring (bicyclic) bond motifs is 1. The van der Waals surface area contributed by atoms with Crippen LogP contribution >= 0.6 is 11.8 Å². The van der Waals surface area contributed by atoms with Crippen molar-refractivity contribution in [2.45, 2.75) is 17.6 Å². The van der Waals surface area contributed by atoms with Gasteiger partial charge in [-0.2, -0.15) is 0 Å². The summed E-state index contributed by atoms with van der Waals surface area (Å²) >= 11 is 1.68. The van der Waals surface area contributed by atoms with E-state index in [0.29, 0.717) is 16.8 Å². The molecular weight excluding hydrogens is 382 g/mol. The molecule has 1 amide bonds. The zero-order valence-corrected chi connectivity index (χ0v) is 16.6. The minimum Gasteiger partial charge on any atom is -0.322 e. The number of carbonyl (C=O) groups is 2. The first-order chi connectivity index (χ1) is 14.1. The molecule has 0 bridgehead atoms. The van der Waals surface area contributed by atoms with Gasteiger partial charge in [0.1, 0.15) is 5.65 Å². The first-order valence-electron chi connectivity index (χ1n) is 9.16. The summed E-state index contributed by atoms with van der Waals surface area (Å²) in [5, 5.41) is 2.85. The Morgan fingerprint density at radius 2 is 1.69 bits per heavy atom. The fraction of sp³-hybridized carbons (Fsp3) is 0.0870. The van der Waals surface area contributed by atoms with E-state index in [0.717, 1.165) is 22.0 Å². The predicted molar refractivity (Wildman–Crippen MR) is 116 cm³/mol. The molecule has 0 unspecified atom stereocenters. The minimum atomic E-state index is -0.183. The minimum absolute atomic E-state index is 0.000364. The number of pyridine rings is 1. The van der Waals surface area contributed by atoms with E-state index in [-0.39, 0.29) is 11.7 Å². The van der Waals surface area contributed by atoms with E-state index in [1.807, 2.05) is 59.3 Å². The van der Waals surface area contributed by atoms with Crippen LogP contribution in [-0.2, 0) is 5.75 Å². The van der Waals surface area contributed by atoms with Gasteiger partial charge < -0.3 is 9.72 Å². The molecule has 0 fully saturated rings. The van der Waals surface area contributed by atoms with Crippen molar-refractivity contribution < 1.29 is 9.59 Å². The summed E-state index contributed by atoms with van der Waals surface area (Å²) in [4.78, 5) is 29.4. The molecular formula is C23H19N3O2S. The highest BCUT2D eigenvalue weighted by Crippen LogP contribution is 2.23. The predicted octanol–water partition coefficient (Wildman–Crippen LogP) is 5.08. The maximum atomic E-state index is 12.4. The van der Waals surface area contributed by atoms with Crippen molar-refractivity contribution in [2.24, 2.45) is 0 Å². The van der Waals surface area contributed by atoms with Crippen LogP contribution in [0.25, 0.3) is 5.65 Å². The van der Waals surface area contributed by atoms with Crippen LogP contribution in [0.15, 0.2) is 84.0 Å². The molecule has 29 heavy (non-hydrogen) atoms. The summed E-state index contributed by atoms with van der Waals surface area (Å²) in [5.41, 5.74) is 3.81. The number of hydrogen-bond acceptors (Lipinski definition) is 4. The van der Waals surface area contributed by atoms with Crippen LogP contribution in [0.4, 0.5) is 5.69 Å². The number of hydrogen-bond donors (Lipinski definition) is 1. The molecule has 0 saturated heterocycles. The van der Waals surface area contributed by atoms with Gasteiger partial charge in [-0.1, -0.05) is 6.07 Å². The molecule has 2 aromatic carbocycles. The Balaban J connectivity index is 1.36. The molecule has 0 aliphatic rings. The van der Waals surface area contributed by atoms with E-state index in [9.17, 15) is 9.59 Å². The quantitative estimate of drug-likeness (QED) is 0.361. The van der Waals surface area contributed by atoms with Crippen molar-refractivity contribution in [3.05, 3.63) is 95.9 Å². The lowest BCUT2D eigenvalue weighted by atomic mass is 10.1. The molecule has 4 rings (SSSR count). The fourth-order valence-electron chi connectivity index (χ4n) is 2.91. The molecule has 1 N–H and O–H groups in total. The molecule has 6 heteroatoms. The highest BCUT2D eigenvalue weighted by Gasteiger charge is 2.08. The topological polar surface area (TPSA) is 63.5 Å². The number of imidazole rings is 1. The standard InChI is InChI=1S/C23H19N3O2S/c1-16(27)17-5-9-19(10-6-17)25-23(28)18-7-11-21(12-8-18)29-15-20-14-26-13-3-2-4-22(26)24-20/h2-14H,15H2,1H3,(H,25,28). The first kappa shape index (κ1) is 19.0. The smallest absolute Gasteiger partial charge is 0.255 e. The second kappa shape index (κ2) is 8.32. The summed E-state index contributed by atoms with van der Waals surface area (Å²) in [5.74, 6) is 0.576. The van der Waals surface area contributed by atoms with E-state index < -0.39 is 0 Å². The van der Waals surface area contributed by atoms with E-state index in [1.54, 1.807) is 36.0 Å². The van der Waals surface area contributed by atoms with Gasteiger partial charge in [0.2, 0.25) is 0 Å². The molecule has 5 nitrogen and oxygen atoms in total. The van der Waals surface area contributed by atoms with E-state index >= 15 is 0 Å². The highest BCUT2D eigenvalue weighted by molar-refractivity contribution is 7.98. The van der Waals surface area contributed by atoms with Crippen LogP contribution in [0.1, 0.15) is 33.3 Å². The Morgan fingerprint density at radius 3 is 2.38 bits per heavy atom. The molecule has 2 aromatic heterocycles. The number of anilines is 1. The summed E-state index contributed by atoms with van der Waals surface area (Å²) in [6.07, 6.45) is 4.01. The Morgan fingerprint density at radius 1 is 0.966 bits per heavy atom. The normalized spacial score (nSPS) is 10.8. The zero-order chi connectivity index (χ0) is 20.2. The van der Waals surface area contributed by atoms with Crippen molar-refractivity contribution >= 4 is 34.8 Å². The van der Waals surface area contributed by atoms with Crippen molar-refractivity contribution in [2.75, 3.05) is 5.32 Å². The number of nitrogens with one attached hydrogen (secondary N) is 1. The number of carbonyl (C=O) groups excluding carboxylic acids is 2. The SMILES string of the molecule is CC(=O)c1ccc(NC(=O)c2ccc(SCc3cn4ccccc4n3)cc2)cc1. The van der Waals surface area contributed by atoms with E-state index in [2.05, 4.69) is 10.3 Å². The van der Waals surface area contributed by atoms with Crippen molar-refractivity contribution in [3.63, 3.8) is 0 Å². The monoisotopic (exact) mass is 401 g/mol. The lowest BCUT2D eigenvalue weighted by Gasteiger charge is -2.07. The van der Waals surface area contributed by atoms with Gasteiger partial charge in [0, 0.05) is 39.9 Å². The zero-order valence-electron chi connectivity index (χ0n) is 15.8. The van der Waals surface area contributed by atoms with Gasteiger partial charge in [0.05, 0.1) is 5.69 Å². The third kappa shape index (κ3) is 4.55.